The van der Waals surface area contributed by atoms with E-state index < -0.39 is 23.2 Å². The molecule has 1 aliphatic heterocycles. The van der Waals surface area contributed by atoms with Crippen LogP contribution in [-0.2, 0) is 9.59 Å². The molecule has 0 atom stereocenters. The van der Waals surface area contributed by atoms with Crippen LogP contribution in [0.15, 0.2) is 61.4 Å². The summed E-state index contributed by atoms with van der Waals surface area (Å²) in [4.78, 5) is 34.5. The Balaban J connectivity index is 1.32. The van der Waals surface area contributed by atoms with Crippen LogP contribution in [0, 0.1) is 17.6 Å². The summed E-state index contributed by atoms with van der Waals surface area (Å²) in [5, 5.41) is 6.26. The molecule has 0 bridgehead atoms. The van der Waals surface area contributed by atoms with Crippen molar-refractivity contribution >= 4 is 39.9 Å². The third-order valence-electron chi connectivity index (χ3n) is 7.60. The molecule has 2 fully saturated rings. The lowest BCUT2D eigenvalue weighted by Gasteiger charge is -2.38. The molecule has 4 aromatic rings. The molecule has 6 rings (SSSR count). The third-order valence-corrected chi connectivity index (χ3v) is 7.60. The van der Waals surface area contributed by atoms with Crippen molar-refractivity contribution in [1.29, 1.82) is 0 Å². The van der Waals surface area contributed by atoms with Crippen LogP contribution in [0.4, 0.5) is 26.0 Å². The molecule has 2 N–H and O–H groups in total. The first-order chi connectivity index (χ1) is 21.3. The van der Waals surface area contributed by atoms with E-state index in [1.165, 1.54) is 32.7 Å². The molecule has 1 saturated carbocycles. The maximum absolute atomic E-state index is 15.6. The molecule has 226 valence electrons. The van der Waals surface area contributed by atoms with Crippen LogP contribution in [0.2, 0.25) is 0 Å². The number of nitrogens with one attached hydrogen (secondary N) is 2. The first kappa shape index (κ1) is 28.8. The minimum absolute atomic E-state index is 0.0978. The number of ether oxygens (including phenoxy) is 3. The fraction of sp³-hybridized carbons (Fsp3) is 0.250. The van der Waals surface area contributed by atoms with Gasteiger partial charge in [0.25, 0.3) is 0 Å². The molecular weight excluding hydrogens is 572 g/mol. The average Bonchev–Trinajstić information content (AvgIpc) is 3.86. The number of carbonyl (C=O) groups is 2. The second kappa shape index (κ2) is 11.8. The van der Waals surface area contributed by atoms with E-state index in [1.807, 2.05) is 0 Å². The number of likely N-dealkylation sites (tertiary alicyclic amines) is 1. The quantitative estimate of drug-likeness (QED) is 0.231. The zero-order valence-corrected chi connectivity index (χ0v) is 24.0. The lowest BCUT2D eigenvalue weighted by atomic mass is 10.0. The Labute approximate surface area is 251 Å². The van der Waals surface area contributed by atoms with Gasteiger partial charge in [0.15, 0.2) is 17.3 Å². The van der Waals surface area contributed by atoms with Gasteiger partial charge >= 0.3 is 0 Å². The first-order valence-electron chi connectivity index (χ1n) is 13.9. The first-order valence-corrected chi connectivity index (χ1v) is 13.9. The summed E-state index contributed by atoms with van der Waals surface area (Å²) < 4.78 is 47.4. The molecule has 12 heteroatoms. The molecule has 1 saturated heterocycles. The van der Waals surface area contributed by atoms with Crippen molar-refractivity contribution in [2.75, 3.05) is 37.9 Å². The number of aromatic nitrogens is 2. The molecule has 0 unspecified atom stereocenters. The number of benzene rings is 3. The summed E-state index contributed by atoms with van der Waals surface area (Å²) in [6, 6.07) is 10.9. The van der Waals surface area contributed by atoms with Crippen molar-refractivity contribution in [3.05, 3.63) is 73.1 Å². The maximum atomic E-state index is 15.6. The summed E-state index contributed by atoms with van der Waals surface area (Å²) >= 11 is 0. The smallest absolute Gasteiger partial charge is 0.246 e. The van der Waals surface area contributed by atoms with Gasteiger partial charge in [-0.15, -0.1) is 0 Å². The lowest BCUT2D eigenvalue weighted by molar-refractivity contribution is -0.134. The monoisotopic (exact) mass is 601 g/mol. The predicted octanol–water partition coefficient (Wildman–Crippen LogP) is 5.46. The number of fused-ring (bicyclic) bond motifs is 1. The van der Waals surface area contributed by atoms with Crippen molar-refractivity contribution in [1.82, 2.24) is 14.9 Å². The van der Waals surface area contributed by atoms with Gasteiger partial charge in [-0.25, -0.2) is 18.7 Å². The number of amides is 2. The third kappa shape index (κ3) is 5.58. The topological polar surface area (TPSA) is 115 Å². The molecule has 44 heavy (non-hydrogen) atoms. The lowest BCUT2D eigenvalue weighted by Crippen LogP contribution is -2.55. The summed E-state index contributed by atoms with van der Waals surface area (Å²) in [7, 11) is 3.02. The number of nitrogens with zero attached hydrogens (tertiary/aromatic N) is 3. The number of rotatable bonds is 10. The highest BCUT2D eigenvalue weighted by molar-refractivity contribution is 5.96. The number of methoxy groups -OCH3 is 2. The summed E-state index contributed by atoms with van der Waals surface area (Å²) in [6.07, 6.45) is 3.83. The predicted molar refractivity (Wildman–Crippen MR) is 160 cm³/mol. The Morgan fingerprint density at radius 2 is 1.77 bits per heavy atom. The molecular formula is C32H29F2N5O5. The van der Waals surface area contributed by atoms with Gasteiger partial charge in [-0.05, 0) is 54.8 Å². The molecule has 1 aliphatic carbocycles. The second-order valence-corrected chi connectivity index (χ2v) is 10.5. The fourth-order valence-electron chi connectivity index (χ4n) is 4.98. The van der Waals surface area contributed by atoms with Crippen LogP contribution < -0.4 is 24.8 Å². The largest absolute Gasteiger partial charge is 0.495 e. The van der Waals surface area contributed by atoms with Crippen LogP contribution in [-0.4, -0.2) is 60.1 Å². The summed E-state index contributed by atoms with van der Waals surface area (Å²) in [5.41, 5.74) is 1.06. The highest BCUT2D eigenvalue weighted by atomic mass is 19.1. The van der Waals surface area contributed by atoms with E-state index in [2.05, 4.69) is 27.2 Å². The van der Waals surface area contributed by atoms with E-state index in [4.69, 9.17) is 14.2 Å². The molecule has 1 aromatic heterocycles. The Kier molecular flexibility index (Phi) is 7.73. The minimum Gasteiger partial charge on any atom is -0.495 e. The molecule has 2 amide bonds. The SMILES string of the molecule is C=CC(=O)N1CC(Oc2cc3c(Nc4cc(-c5ccc(F)c(NC(=O)C6CC6)c5F)ccc4OC)ncnc3cc2OC)C1. The number of halogens is 2. The van der Waals surface area contributed by atoms with Gasteiger partial charge in [-0.3, -0.25) is 9.59 Å². The average molecular weight is 602 g/mol. The van der Waals surface area contributed by atoms with Crippen LogP contribution >= 0.6 is 0 Å². The van der Waals surface area contributed by atoms with E-state index >= 15 is 4.39 Å². The van der Waals surface area contributed by atoms with Gasteiger partial charge in [0.2, 0.25) is 11.8 Å². The Hall–Kier alpha value is -5.26. The van der Waals surface area contributed by atoms with E-state index in [0.717, 1.165) is 6.07 Å². The van der Waals surface area contributed by atoms with Crippen molar-refractivity contribution in [3.8, 4) is 28.4 Å². The molecule has 2 aliphatic rings. The number of hydrogen-bond acceptors (Lipinski definition) is 8. The standard InChI is InChI=1S/C32H29F2N5O5/c1-4-28(40)39-14-19(15-39)44-27-12-21-23(13-26(27)43-3)35-16-36-31(21)37-24-11-18(7-10-25(24)42-2)20-8-9-22(33)30(29(20)34)38-32(41)17-5-6-17/h4,7-13,16-17,19H,1,5-6,14-15H2,2-3H3,(H,38,41)(H,35,36,37). The normalized spacial score (nSPS) is 14.5. The minimum atomic E-state index is -0.874. The maximum Gasteiger partial charge on any atom is 0.246 e. The zero-order chi connectivity index (χ0) is 31.0. The number of anilines is 3. The number of carbonyl (C=O) groups excluding carboxylic acids is 2. The number of hydrogen-bond donors (Lipinski definition) is 2. The zero-order valence-electron chi connectivity index (χ0n) is 24.0. The molecule has 10 nitrogen and oxygen atoms in total. The van der Waals surface area contributed by atoms with E-state index in [-0.39, 0.29) is 23.5 Å². The highest BCUT2D eigenvalue weighted by Crippen LogP contribution is 2.40. The van der Waals surface area contributed by atoms with E-state index in [1.54, 1.807) is 35.2 Å². The van der Waals surface area contributed by atoms with Crippen LogP contribution in [0.5, 0.6) is 17.2 Å². The fourth-order valence-corrected chi connectivity index (χ4v) is 4.98. The molecule has 0 spiro atoms. The Morgan fingerprint density at radius 1 is 1.00 bits per heavy atom. The van der Waals surface area contributed by atoms with Crippen molar-refractivity contribution in [2.45, 2.75) is 18.9 Å². The van der Waals surface area contributed by atoms with Gasteiger partial charge in [0, 0.05) is 22.9 Å². The molecule has 0 radical (unpaired) electrons. The van der Waals surface area contributed by atoms with Crippen LogP contribution in [0.25, 0.3) is 22.0 Å². The summed E-state index contributed by atoms with van der Waals surface area (Å²) in [6.45, 7) is 4.34. The van der Waals surface area contributed by atoms with Crippen molar-refractivity contribution in [2.24, 2.45) is 5.92 Å². The van der Waals surface area contributed by atoms with Gasteiger partial charge in [-0.2, -0.15) is 0 Å². The van der Waals surface area contributed by atoms with Gasteiger partial charge in [0.1, 0.15) is 35.5 Å². The van der Waals surface area contributed by atoms with Crippen molar-refractivity contribution < 1.29 is 32.6 Å². The van der Waals surface area contributed by atoms with Crippen LogP contribution in [0.1, 0.15) is 12.8 Å². The van der Waals surface area contributed by atoms with Crippen molar-refractivity contribution in [3.63, 3.8) is 0 Å². The molecule has 3 aromatic carbocycles. The Bertz CT molecular complexity index is 1790. The van der Waals surface area contributed by atoms with Gasteiger partial charge < -0.3 is 29.7 Å². The van der Waals surface area contributed by atoms with Gasteiger partial charge in [-0.1, -0.05) is 12.6 Å². The highest BCUT2D eigenvalue weighted by Gasteiger charge is 2.32. The van der Waals surface area contributed by atoms with Crippen LogP contribution in [0.3, 0.4) is 0 Å². The van der Waals surface area contributed by atoms with E-state index in [9.17, 15) is 14.0 Å². The Morgan fingerprint density at radius 3 is 2.48 bits per heavy atom. The van der Waals surface area contributed by atoms with E-state index in [0.29, 0.717) is 71.2 Å². The van der Waals surface area contributed by atoms with Gasteiger partial charge in [0.05, 0.1) is 38.5 Å². The molecule has 2 heterocycles. The summed E-state index contributed by atoms with van der Waals surface area (Å²) in [5.74, 6) is -0.735. The second-order valence-electron chi connectivity index (χ2n) is 10.5.